The van der Waals surface area contributed by atoms with Crippen LogP contribution in [-0.2, 0) is 11.3 Å². The topological polar surface area (TPSA) is 67.2 Å². The molecule has 2 N–H and O–H groups in total. The maximum Gasteiger partial charge on any atom is 0.225 e. The molecule has 3 aliphatic rings. The van der Waals surface area contributed by atoms with Crippen LogP contribution in [0.5, 0.6) is 0 Å². The Morgan fingerprint density at radius 3 is 2.21 bits per heavy atom. The van der Waals surface area contributed by atoms with E-state index in [2.05, 4.69) is 36.1 Å². The quantitative estimate of drug-likeness (QED) is 0.635. The van der Waals surface area contributed by atoms with Gasteiger partial charge in [-0.3, -0.25) is 13.9 Å². The SMILES string of the molecule is C[C@H]1CCC(c2ccccc2)S(O)(O)N1Cc1ccc(N2CCN(C(=O)C3CC3)CC2)cc1. The molecule has 2 saturated heterocycles. The van der Waals surface area contributed by atoms with Gasteiger partial charge in [-0.2, -0.15) is 4.31 Å². The summed E-state index contributed by atoms with van der Waals surface area (Å²) in [5.74, 6) is 0.634. The molecule has 0 bridgehead atoms. The first kappa shape index (κ1) is 22.7. The third-order valence-electron chi connectivity index (χ3n) is 7.39. The van der Waals surface area contributed by atoms with E-state index < -0.39 is 10.8 Å². The van der Waals surface area contributed by atoms with Gasteiger partial charge < -0.3 is 9.80 Å². The molecule has 5 rings (SSSR count). The smallest absolute Gasteiger partial charge is 0.225 e. The van der Waals surface area contributed by atoms with Crippen LogP contribution >= 0.6 is 10.8 Å². The molecule has 2 heterocycles. The standard InChI is InChI=1S/C26H35N3O3S/c1-20-7-14-25(22-5-3-2-4-6-22)33(31,32)29(20)19-21-8-12-24(13-9-21)27-15-17-28(18-16-27)26(30)23-10-11-23/h2-6,8-9,12-13,20,23,25,31-32H,7,10-11,14-19H2,1H3/t20-,25?/m0/s1. The minimum atomic E-state index is -2.93. The summed E-state index contributed by atoms with van der Waals surface area (Å²) in [6.45, 7) is 5.93. The number of rotatable bonds is 5. The molecule has 2 aliphatic heterocycles. The van der Waals surface area contributed by atoms with E-state index in [0.29, 0.717) is 18.4 Å². The zero-order valence-corrected chi connectivity index (χ0v) is 20.2. The molecule has 1 aliphatic carbocycles. The highest BCUT2D eigenvalue weighted by molar-refractivity contribution is 8.22. The second-order valence-electron chi connectivity index (χ2n) is 9.72. The number of piperazine rings is 1. The van der Waals surface area contributed by atoms with Gasteiger partial charge in [0.2, 0.25) is 5.91 Å². The number of anilines is 1. The van der Waals surface area contributed by atoms with E-state index in [1.165, 1.54) is 0 Å². The van der Waals surface area contributed by atoms with Gasteiger partial charge in [0.15, 0.2) is 0 Å². The average molecular weight is 470 g/mol. The Bertz CT molecular complexity index is 957. The van der Waals surface area contributed by atoms with E-state index in [9.17, 15) is 13.9 Å². The van der Waals surface area contributed by atoms with Crippen LogP contribution in [0.25, 0.3) is 0 Å². The number of carbonyl (C=O) groups excluding carboxylic acids is 1. The fraction of sp³-hybridized carbons (Fsp3) is 0.500. The highest BCUT2D eigenvalue weighted by Gasteiger charge is 2.40. The predicted molar refractivity (Wildman–Crippen MR) is 134 cm³/mol. The van der Waals surface area contributed by atoms with E-state index in [4.69, 9.17) is 0 Å². The van der Waals surface area contributed by atoms with Crippen molar-refractivity contribution in [1.29, 1.82) is 0 Å². The van der Waals surface area contributed by atoms with Crippen LogP contribution in [0.1, 0.15) is 49.0 Å². The van der Waals surface area contributed by atoms with Crippen molar-refractivity contribution < 1.29 is 13.9 Å². The molecule has 6 nitrogen and oxygen atoms in total. The zero-order valence-electron chi connectivity index (χ0n) is 19.3. The largest absolute Gasteiger partial charge is 0.368 e. The van der Waals surface area contributed by atoms with Crippen LogP contribution in [-0.4, -0.2) is 56.4 Å². The van der Waals surface area contributed by atoms with Crippen molar-refractivity contribution in [2.24, 2.45) is 5.92 Å². The van der Waals surface area contributed by atoms with E-state index in [1.807, 2.05) is 39.5 Å². The van der Waals surface area contributed by atoms with Crippen molar-refractivity contribution in [2.75, 3.05) is 31.1 Å². The van der Waals surface area contributed by atoms with Crippen LogP contribution in [0, 0.1) is 5.92 Å². The summed E-state index contributed by atoms with van der Waals surface area (Å²) in [6.07, 6.45) is 3.86. The number of carbonyl (C=O) groups is 1. The maximum absolute atomic E-state index is 12.3. The van der Waals surface area contributed by atoms with Gasteiger partial charge >= 0.3 is 0 Å². The molecule has 7 heteroatoms. The van der Waals surface area contributed by atoms with Gasteiger partial charge in [0, 0.05) is 50.4 Å². The Morgan fingerprint density at radius 1 is 0.909 bits per heavy atom. The number of benzene rings is 2. The monoisotopic (exact) mass is 469 g/mol. The Hall–Kier alpha value is -2.06. The highest BCUT2D eigenvalue weighted by atomic mass is 32.3. The minimum Gasteiger partial charge on any atom is -0.368 e. The lowest BCUT2D eigenvalue weighted by Gasteiger charge is -2.54. The van der Waals surface area contributed by atoms with Crippen molar-refractivity contribution in [3.8, 4) is 0 Å². The molecule has 1 unspecified atom stereocenters. The second-order valence-corrected chi connectivity index (χ2v) is 11.9. The normalized spacial score (nSPS) is 26.8. The molecule has 1 amide bonds. The van der Waals surface area contributed by atoms with Gasteiger partial charge in [0.05, 0.1) is 5.25 Å². The fourth-order valence-electron chi connectivity index (χ4n) is 5.16. The Morgan fingerprint density at radius 2 is 1.58 bits per heavy atom. The number of hydrogen-bond donors (Lipinski definition) is 2. The molecule has 0 aromatic heterocycles. The second kappa shape index (κ2) is 9.29. The van der Waals surface area contributed by atoms with Crippen LogP contribution in [0.15, 0.2) is 54.6 Å². The number of hydrogen-bond acceptors (Lipinski definition) is 5. The van der Waals surface area contributed by atoms with Crippen molar-refractivity contribution in [2.45, 2.75) is 50.4 Å². The zero-order chi connectivity index (χ0) is 23.0. The van der Waals surface area contributed by atoms with Crippen molar-refractivity contribution in [3.05, 3.63) is 65.7 Å². The molecule has 3 fully saturated rings. The Balaban J connectivity index is 1.23. The van der Waals surface area contributed by atoms with Crippen LogP contribution in [0.3, 0.4) is 0 Å². The summed E-state index contributed by atoms with van der Waals surface area (Å²) in [7, 11) is -2.93. The molecule has 2 aromatic rings. The van der Waals surface area contributed by atoms with Crippen LogP contribution in [0.4, 0.5) is 5.69 Å². The lowest BCUT2D eigenvalue weighted by molar-refractivity contribution is -0.132. The maximum atomic E-state index is 12.3. The average Bonchev–Trinajstić information content (AvgIpc) is 3.68. The molecular weight excluding hydrogens is 434 g/mol. The molecule has 2 atom stereocenters. The third kappa shape index (κ3) is 4.78. The number of nitrogens with zero attached hydrogens (tertiary/aromatic N) is 3. The first-order valence-corrected chi connectivity index (χ1v) is 13.7. The summed E-state index contributed by atoms with van der Waals surface area (Å²) >= 11 is 0. The first-order valence-electron chi connectivity index (χ1n) is 12.1. The molecule has 33 heavy (non-hydrogen) atoms. The molecule has 0 radical (unpaired) electrons. The summed E-state index contributed by atoms with van der Waals surface area (Å²) in [4.78, 5) is 16.7. The van der Waals surface area contributed by atoms with Crippen molar-refractivity contribution in [3.63, 3.8) is 0 Å². The lowest BCUT2D eigenvalue weighted by Crippen LogP contribution is -2.49. The summed E-state index contributed by atoms with van der Waals surface area (Å²) in [6, 6.07) is 18.5. The van der Waals surface area contributed by atoms with Gasteiger partial charge in [-0.05, 0) is 55.9 Å². The Kier molecular flexibility index (Phi) is 6.40. The van der Waals surface area contributed by atoms with E-state index in [1.54, 1.807) is 0 Å². The van der Waals surface area contributed by atoms with E-state index in [0.717, 1.165) is 68.7 Å². The molecule has 0 spiro atoms. The molecular formula is C26H35N3O3S. The molecule has 1 saturated carbocycles. The highest BCUT2D eigenvalue weighted by Crippen LogP contribution is 2.62. The molecule has 178 valence electrons. The third-order valence-corrected chi connectivity index (χ3v) is 9.84. The lowest BCUT2D eigenvalue weighted by atomic mass is 10.0. The number of amides is 1. The van der Waals surface area contributed by atoms with Gasteiger partial charge in [0.1, 0.15) is 0 Å². The first-order chi connectivity index (χ1) is 15.9. The van der Waals surface area contributed by atoms with Gasteiger partial charge in [-0.25, -0.2) is 0 Å². The van der Waals surface area contributed by atoms with Gasteiger partial charge in [-0.15, -0.1) is 10.8 Å². The van der Waals surface area contributed by atoms with E-state index >= 15 is 0 Å². The fourth-order valence-corrected chi connectivity index (χ4v) is 7.43. The van der Waals surface area contributed by atoms with Crippen LogP contribution < -0.4 is 4.90 Å². The summed E-state index contributed by atoms with van der Waals surface area (Å²) in [5, 5.41) is -0.246. The Labute approximate surface area is 198 Å². The van der Waals surface area contributed by atoms with E-state index in [-0.39, 0.29) is 11.3 Å². The van der Waals surface area contributed by atoms with Crippen molar-refractivity contribution >= 4 is 22.4 Å². The van der Waals surface area contributed by atoms with Gasteiger partial charge in [0.25, 0.3) is 0 Å². The van der Waals surface area contributed by atoms with Crippen molar-refractivity contribution in [1.82, 2.24) is 9.21 Å². The summed E-state index contributed by atoms with van der Waals surface area (Å²) in [5.41, 5.74) is 3.25. The minimum absolute atomic E-state index is 0.117. The van der Waals surface area contributed by atoms with Crippen LogP contribution in [0.2, 0.25) is 0 Å². The van der Waals surface area contributed by atoms with Gasteiger partial charge in [-0.1, -0.05) is 42.5 Å². The predicted octanol–water partition coefficient (Wildman–Crippen LogP) is 5.14. The summed E-state index contributed by atoms with van der Waals surface area (Å²) < 4.78 is 24.5. The molecule has 2 aromatic carbocycles.